The van der Waals surface area contributed by atoms with Crippen molar-refractivity contribution >= 4 is 87.1 Å². The van der Waals surface area contributed by atoms with E-state index in [1.807, 2.05) is 42.9 Å². The maximum absolute atomic E-state index is 5.41. The monoisotopic (exact) mass is 1660 g/mol. The molecule has 24 heteroatoms. The average molecular weight is 1660 g/mol. The topological polar surface area (TPSA) is 169 Å². The van der Waals surface area contributed by atoms with E-state index < -0.39 is 0 Å². The molecule has 22 nitrogen and oxygen atoms in total. The molecule has 6 aromatic carbocycles. The Labute approximate surface area is 716 Å². The SMILES string of the molecule is CN(Cc1ccc2cnoc2c1)C1CN2CCC1CC2.CN(Cc1ccc2cnsc2c1)C1CN2CCC1CC2.CN(Cc1ccc2oncc2c1)C1CN2CCC1CC2.CN(Cc1cccc2cnsc12)C1CN2CCC1CC2.CN(Cc1cccc2oncc12)C1CN2CCC1CC2.CN(Cc1noc2ccccc12)C1CN2CCC1CC2. The number of nitrogens with zero attached hydrogens (tertiary/aromatic N) is 18. The van der Waals surface area contributed by atoms with Gasteiger partial charge in [-0.2, -0.15) is 8.75 Å². The lowest BCUT2D eigenvalue weighted by molar-refractivity contribution is 0.0129. The van der Waals surface area contributed by atoms with Gasteiger partial charge in [0.2, 0.25) is 0 Å². The summed E-state index contributed by atoms with van der Waals surface area (Å²) in [6, 6.07) is 44.8. The highest BCUT2D eigenvalue weighted by molar-refractivity contribution is 7.13. The molecule has 0 aliphatic carbocycles. The van der Waals surface area contributed by atoms with Crippen molar-refractivity contribution in [1.82, 2.24) is 88.2 Å². The molecule has 0 radical (unpaired) electrons. The molecular weight excluding hydrogens is 1530 g/mol. The number of hydrogen-bond acceptors (Lipinski definition) is 24. The highest BCUT2D eigenvalue weighted by atomic mass is 32.1. The van der Waals surface area contributed by atoms with Crippen LogP contribution in [0.15, 0.2) is 164 Å². The first kappa shape index (κ1) is 82.1. The van der Waals surface area contributed by atoms with Crippen LogP contribution in [0.2, 0.25) is 0 Å². The Balaban J connectivity index is 0.0000000952. The molecule has 0 N–H and O–H groups in total. The van der Waals surface area contributed by atoms with E-state index in [9.17, 15) is 0 Å². The van der Waals surface area contributed by atoms with Crippen LogP contribution in [-0.4, -0.2) is 285 Å². The maximum Gasteiger partial charge on any atom is 0.167 e. The summed E-state index contributed by atoms with van der Waals surface area (Å²) in [4.78, 5) is 30.9. The fourth-order valence-electron chi connectivity index (χ4n) is 23.2. The largest absolute Gasteiger partial charge is 0.356 e. The van der Waals surface area contributed by atoms with E-state index in [2.05, 4.69) is 221 Å². The van der Waals surface area contributed by atoms with E-state index in [1.54, 1.807) is 35.5 Å². The van der Waals surface area contributed by atoms with Crippen LogP contribution >= 0.6 is 23.1 Å². The van der Waals surface area contributed by atoms with E-state index in [0.717, 1.165) is 142 Å². The van der Waals surface area contributed by atoms with Crippen LogP contribution in [0, 0.1) is 35.5 Å². The predicted octanol–water partition coefficient (Wildman–Crippen LogP) is 15.1. The summed E-state index contributed by atoms with van der Waals surface area (Å²) in [6.45, 7) is 29.1. The van der Waals surface area contributed by atoms with Gasteiger partial charge in [0.25, 0.3) is 0 Å². The predicted molar refractivity (Wildman–Crippen MR) is 482 cm³/mol. The highest BCUT2D eigenvalue weighted by Crippen LogP contribution is 2.39. The standard InChI is InChI=1S/4C16H21N3O.2C16H21N3S/c1-18(15-11-19-6-4-13(15)5-7-19)10-12-2-3-16-14(8-12)9-17-20-16;1-18(15-11-19-6-4-13(15)5-7-19)10-12-2-3-14-9-17-20-16(14)8-12;1-18(15-11-19-7-5-12(15)6-8-19)10-13-3-2-4-16-14(13)9-17-20-16;1-18(15-11-19-8-6-12(15)7-9-19)10-14-13-4-2-3-5-16(13)20-17-14;1-18(15-11-19-6-4-13(15)5-7-19)10-12-2-3-14-9-17-20-16(14)8-12;1-18(15-11-19-7-5-12(15)6-8-19)10-14-4-2-3-13-9-17-20-16(13)14/h2*2-3,8-9,13,15H,4-7,10-11H2,1H3;2-4,9,12,15H,5-8,10-11H2,1H3;2-5,12,15H,6-11H2,1H3;2-3,8-9,13,15H,4-7,10-11H2,1H3;2-4,9,12,15H,5-8,10-11H2,1H3. The Kier molecular flexibility index (Phi) is 25.7. The quantitative estimate of drug-likeness (QED) is 0.0794. The lowest BCUT2D eigenvalue weighted by Gasteiger charge is -2.48. The first-order valence-electron chi connectivity index (χ1n) is 45.3. The fraction of sp³-hybridized carbons (Fsp3) is 0.562. The van der Waals surface area contributed by atoms with Crippen molar-refractivity contribution < 1.29 is 18.1 Å². The lowest BCUT2D eigenvalue weighted by atomic mass is 9.83. The maximum atomic E-state index is 5.41. The summed E-state index contributed by atoms with van der Waals surface area (Å²) in [5, 5.41) is 22.9. The van der Waals surface area contributed by atoms with Gasteiger partial charge in [-0.3, -0.25) is 29.4 Å². The fourth-order valence-corrected chi connectivity index (χ4v) is 24.6. The average Bonchev–Trinajstić information content (AvgIpc) is 0.919. The van der Waals surface area contributed by atoms with E-state index >= 15 is 0 Å². The Morgan fingerprint density at radius 2 is 0.700 bits per heavy atom. The molecule has 12 bridgehead atoms. The van der Waals surface area contributed by atoms with Crippen LogP contribution in [0.1, 0.15) is 111 Å². The first-order valence-corrected chi connectivity index (χ1v) is 46.9. The van der Waals surface area contributed by atoms with Crippen molar-refractivity contribution in [2.45, 2.75) is 153 Å². The van der Waals surface area contributed by atoms with Gasteiger partial charge in [-0.25, -0.2) is 0 Å². The van der Waals surface area contributed by atoms with Gasteiger partial charge in [0.15, 0.2) is 22.3 Å². The molecule has 18 aliphatic rings. The Morgan fingerprint density at radius 1 is 0.308 bits per heavy atom. The van der Waals surface area contributed by atoms with E-state index in [1.165, 1.54) is 243 Å². The van der Waals surface area contributed by atoms with E-state index in [0.29, 0.717) is 18.1 Å². The molecule has 0 saturated carbocycles. The number of rotatable bonds is 18. The smallest absolute Gasteiger partial charge is 0.167 e. The molecular formula is C96H126N18O4S2. The van der Waals surface area contributed by atoms with Gasteiger partial charge in [-0.15, -0.1) is 0 Å². The van der Waals surface area contributed by atoms with Crippen LogP contribution < -0.4 is 0 Å². The zero-order valence-electron chi connectivity index (χ0n) is 71.7. The highest BCUT2D eigenvalue weighted by Gasteiger charge is 2.42. The van der Waals surface area contributed by atoms with Gasteiger partial charge in [0.05, 0.1) is 28.0 Å². The normalized spacial score (nSPS) is 29.4. The van der Waals surface area contributed by atoms with Crippen LogP contribution in [0.4, 0.5) is 0 Å². The molecule has 636 valence electrons. The zero-order valence-corrected chi connectivity index (χ0v) is 73.4. The van der Waals surface area contributed by atoms with Gasteiger partial charge in [0.1, 0.15) is 5.69 Å². The van der Waals surface area contributed by atoms with Crippen LogP contribution in [-0.2, 0) is 39.3 Å². The number of aromatic nitrogens is 6. The molecule has 18 fully saturated rings. The second kappa shape index (κ2) is 37.5. The number of piperidine rings is 18. The van der Waals surface area contributed by atoms with Crippen LogP contribution in [0.25, 0.3) is 64.0 Å². The second-order valence-corrected chi connectivity index (χ2v) is 39.4. The summed E-state index contributed by atoms with van der Waals surface area (Å²) in [7, 11) is 13.6. The molecule has 18 saturated heterocycles. The van der Waals surface area contributed by atoms with E-state index in [4.69, 9.17) is 18.1 Å². The Bertz CT molecular complexity index is 4910. The first-order chi connectivity index (χ1) is 58.8. The summed E-state index contributed by atoms with van der Waals surface area (Å²) < 4.78 is 32.4. The lowest BCUT2D eigenvalue weighted by Crippen LogP contribution is -2.56. The van der Waals surface area contributed by atoms with Gasteiger partial charge >= 0.3 is 0 Å². The molecule has 6 aromatic heterocycles. The van der Waals surface area contributed by atoms with E-state index in [-0.39, 0.29) is 0 Å². The third-order valence-corrected chi connectivity index (χ3v) is 32.0. The number of hydrogen-bond donors (Lipinski definition) is 0. The minimum atomic E-state index is 0.674. The Hall–Kier alpha value is -7.50. The zero-order chi connectivity index (χ0) is 81.2. The van der Waals surface area contributed by atoms with Crippen molar-refractivity contribution in [3.8, 4) is 0 Å². The molecule has 24 heterocycles. The van der Waals surface area contributed by atoms with Gasteiger partial charge in [0, 0.05) is 159 Å². The third kappa shape index (κ3) is 18.8. The van der Waals surface area contributed by atoms with Crippen LogP contribution in [0.3, 0.4) is 0 Å². The molecule has 6 atom stereocenters. The van der Waals surface area contributed by atoms with Crippen molar-refractivity contribution in [1.29, 1.82) is 0 Å². The molecule has 0 amide bonds. The minimum absolute atomic E-state index is 0.674. The molecule has 0 spiro atoms. The molecule has 18 aliphatic heterocycles. The number of para-hydroxylation sites is 1. The number of likely N-dealkylation sites (N-methyl/N-ethyl adjacent to an activating group) is 6. The van der Waals surface area contributed by atoms with Crippen molar-refractivity contribution in [2.75, 3.05) is 160 Å². The second-order valence-electron chi connectivity index (χ2n) is 37.8. The molecule has 120 heavy (non-hydrogen) atoms. The Morgan fingerprint density at radius 3 is 1.23 bits per heavy atom. The number of benzene rings is 6. The summed E-state index contributed by atoms with van der Waals surface area (Å²) in [6.07, 6.45) is 25.9. The van der Waals surface area contributed by atoms with Gasteiger partial charge in [-0.1, -0.05) is 87.4 Å². The molecule has 6 unspecified atom stereocenters. The van der Waals surface area contributed by atoms with Crippen molar-refractivity contribution in [3.63, 3.8) is 0 Å². The van der Waals surface area contributed by atoms with Gasteiger partial charge in [-0.05, 0) is 333 Å². The minimum Gasteiger partial charge on any atom is -0.356 e. The third-order valence-electron chi connectivity index (χ3n) is 30.3. The van der Waals surface area contributed by atoms with Crippen molar-refractivity contribution in [2.24, 2.45) is 35.5 Å². The van der Waals surface area contributed by atoms with Gasteiger partial charge < -0.3 is 47.5 Å². The summed E-state index contributed by atoms with van der Waals surface area (Å²) in [5.74, 6) is 5.35. The molecule has 30 rings (SSSR count). The van der Waals surface area contributed by atoms with Crippen molar-refractivity contribution in [3.05, 3.63) is 180 Å². The molecule has 12 aromatic rings. The van der Waals surface area contributed by atoms with Crippen LogP contribution in [0.5, 0.6) is 0 Å². The number of fused-ring (bicyclic) bond motifs is 24. The summed E-state index contributed by atoms with van der Waals surface area (Å²) in [5.41, 5.74) is 11.5. The summed E-state index contributed by atoms with van der Waals surface area (Å²) >= 11 is 3.23.